The molecule has 3 heterocycles. The van der Waals surface area contributed by atoms with Gasteiger partial charge in [-0.1, -0.05) is 28.1 Å². The van der Waals surface area contributed by atoms with Gasteiger partial charge >= 0.3 is 0 Å². The summed E-state index contributed by atoms with van der Waals surface area (Å²) in [5, 5.41) is 7.36. The number of benzene rings is 1. The minimum absolute atomic E-state index is 0.0728. The van der Waals surface area contributed by atoms with Crippen molar-refractivity contribution >= 4 is 38.5 Å². The fraction of sp³-hybridized carbons (Fsp3) is 0.238. The molecule has 0 aliphatic carbocycles. The van der Waals surface area contributed by atoms with Crippen LogP contribution in [0.5, 0.6) is 0 Å². The highest BCUT2D eigenvalue weighted by Crippen LogP contribution is 2.23. The van der Waals surface area contributed by atoms with Gasteiger partial charge in [-0.25, -0.2) is 5.01 Å². The third-order valence-corrected chi connectivity index (χ3v) is 5.12. The lowest BCUT2D eigenvalue weighted by molar-refractivity contribution is -0.127. The molecule has 1 fully saturated rings. The zero-order valence-corrected chi connectivity index (χ0v) is 16.6. The van der Waals surface area contributed by atoms with Crippen LogP contribution < -0.4 is 0 Å². The minimum Gasteiger partial charge on any atom is -0.273 e. The molecule has 1 saturated heterocycles. The maximum absolute atomic E-state index is 12.1. The number of rotatable bonds is 4. The molecule has 136 valence electrons. The summed E-state index contributed by atoms with van der Waals surface area (Å²) in [4.78, 5) is 21.2. The Bertz CT molecular complexity index is 1050. The second kappa shape index (κ2) is 7.56. The molecule has 1 amide bonds. The first-order valence-electron chi connectivity index (χ1n) is 8.95. The number of hydrogen-bond acceptors (Lipinski definition) is 4. The van der Waals surface area contributed by atoms with Gasteiger partial charge in [-0.15, -0.1) is 0 Å². The molecule has 0 spiro atoms. The van der Waals surface area contributed by atoms with Crippen molar-refractivity contribution < 1.29 is 4.79 Å². The molecule has 4 rings (SSSR count). The Balaban J connectivity index is 1.78. The van der Waals surface area contributed by atoms with Gasteiger partial charge in [0.15, 0.2) is 0 Å². The van der Waals surface area contributed by atoms with Crippen molar-refractivity contribution in [3.05, 3.63) is 70.1 Å². The quantitative estimate of drug-likeness (QED) is 0.589. The SMILES string of the molecule is Cc1cccc(C(Cc2ccnc3cc(Br)ccc23)=NN2CCCC2=O)n1. The van der Waals surface area contributed by atoms with Gasteiger partial charge in [0.25, 0.3) is 0 Å². The molecule has 1 aromatic carbocycles. The highest BCUT2D eigenvalue weighted by atomic mass is 79.9. The summed E-state index contributed by atoms with van der Waals surface area (Å²) in [5.41, 5.74) is 4.56. The van der Waals surface area contributed by atoms with E-state index in [1.807, 2.05) is 49.5 Å². The van der Waals surface area contributed by atoms with Crippen molar-refractivity contribution in [3.63, 3.8) is 0 Å². The number of carbonyl (C=O) groups is 1. The Kier molecular flexibility index (Phi) is 4.99. The lowest BCUT2D eigenvalue weighted by atomic mass is 10.0. The highest BCUT2D eigenvalue weighted by Gasteiger charge is 2.21. The van der Waals surface area contributed by atoms with Crippen molar-refractivity contribution in [2.75, 3.05) is 6.54 Å². The van der Waals surface area contributed by atoms with Crippen LogP contribution in [0.3, 0.4) is 0 Å². The van der Waals surface area contributed by atoms with Gasteiger partial charge in [0.1, 0.15) is 0 Å². The lowest BCUT2D eigenvalue weighted by Gasteiger charge is -2.14. The summed E-state index contributed by atoms with van der Waals surface area (Å²) in [6.45, 7) is 2.62. The van der Waals surface area contributed by atoms with Crippen molar-refractivity contribution in [2.24, 2.45) is 5.10 Å². The maximum Gasteiger partial charge on any atom is 0.242 e. The van der Waals surface area contributed by atoms with E-state index < -0.39 is 0 Å². The summed E-state index contributed by atoms with van der Waals surface area (Å²) in [7, 11) is 0. The number of amides is 1. The molecular weight excluding hydrogens is 404 g/mol. The molecule has 5 nitrogen and oxygen atoms in total. The van der Waals surface area contributed by atoms with E-state index in [4.69, 9.17) is 5.10 Å². The number of pyridine rings is 2. The van der Waals surface area contributed by atoms with Crippen LogP contribution in [-0.4, -0.2) is 33.1 Å². The van der Waals surface area contributed by atoms with Crippen LogP contribution >= 0.6 is 15.9 Å². The maximum atomic E-state index is 12.1. The average Bonchev–Trinajstić information content (AvgIpc) is 3.06. The van der Waals surface area contributed by atoms with Gasteiger partial charge in [0.2, 0.25) is 5.91 Å². The van der Waals surface area contributed by atoms with Gasteiger partial charge in [-0.2, -0.15) is 5.10 Å². The Morgan fingerprint density at radius 1 is 1.26 bits per heavy atom. The molecule has 0 bridgehead atoms. The summed E-state index contributed by atoms with van der Waals surface area (Å²) in [6, 6.07) is 14.0. The third kappa shape index (κ3) is 3.90. The zero-order chi connectivity index (χ0) is 18.8. The monoisotopic (exact) mass is 422 g/mol. The van der Waals surface area contributed by atoms with E-state index in [9.17, 15) is 4.79 Å². The van der Waals surface area contributed by atoms with Crippen LogP contribution in [0, 0.1) is 6.92 Å². The number of aromatic nitrogens is 2. The average molecular weight is 423 g/mol. The number of halogens is 1. The highest BCUT2D eigenvalue weighted by molar-refractivity contribution is 9.10. The summed E-state index contributed by atoms with van der Waals surface area (Å²) >= 11 is 3.50. The molecule has 0 atom stereocenters. The van der Waals surface area contributed by atoms with Crippen LogP contribution in [0.4, 0.5) is 0 Å². The smallest absolute Gasteiger partial charge is 0.242 e. The first-order chi connectivity index (χ1) is 13.1. The number of aryl methyl sites for hydroxylation is 1. The predicted octanol–water partition coefficient (Wildman–Crippen LogP) is 4.27. The molecular formula is C21H19BrN4O. The lowest BCUT2D eigenvalue weighted by Crippen LogP contribution is -2.22. The van der Waals surface area contributed by atoms with E-state index in [0.29, 0.717) is 19.4 Å². The van der Waals surface area contributed by atoms with E-state index in [-0.39, 0.29) is 5.91 Å². The molecule has 6 heteroatoms. The largest absolute Gasteiger partial charge is 0.273 e. The second-order valence-corrected chi connectivity index (χ2v) is 7.56. The standard InChI is InChI=1S/C21H19BrN4O/c1-14-4-2-5-18(24-14)20(25-26-11-3-6-21(26)27)12-15-9-10-23-19-13-16(22)7-8-17(15)19/h2,4-5,7-10,13H,3,6,11-12H2,1H3. The Hall–Kier alpha value is -2.60. The number of nitrogens with zero attached hydrogens (tertiary/aromatic N) is 4. The predicted molar refractivity (Wildman–Crippen MR) is 110 cm³/mol. The van der Waals surface area contributed by atoms with Crippen LogP contribution in [-0.2, 0) is 11.2 Å². The topological polar surface area (TPSA) is 58.5 Å². The van der Waals surface area contributed by atoms with E-state index in [1.54, 1.807) is 5.01 Å². The number of hydrazone groups is 1. The number of hydrogen-bond donors (Lipinski definition) is 0. The molecule has 0 unspecified atom stereocenters. The number of carbonyl (C=O) groups excluding carboxylic acids is 1. The fourth-order valence-electron chi connectivity index (χ4n) is 3.28. The van der Waals surface area contributed by atoms with E-state index in [2.05, 4.69) is 32.0 Å². The zero-order valence-electron chi connectivity index (χ0n) is 15.0. The summed E-state index contributed by atoms with van der Waals surface area (Å²) < 4.78 is 0.997. The van der Waals surface area contributed by atoms with Crippen molar-refractivity contribution in [1.82, 2.24) is 15.0 Å². The Morgan fingerprint density at radius 2 is 2.15 bits per heavy atom. The van der Waals surface area contributed by atoms with Gasteiger partial charge in [-0.3, -0.25) is 14.8 Å². The first-order valence-corrected chi connectivity index (χ1v) is 9.74. The minimum atomic E-state index is 0.0728. The number of fused-ring (bicyclic) bond motifs is 1. The van der Waals surface area contributed by atoms with Gasteiger partial charge in [0, 0.05) is 41.1 Å². The second-order valence-electron chi connectivity index (χ2n) is 6.64. The van der Waals surface area contributed by atoms with Gasteiger partial charge in [0.05, 0.1) is 16.9 Å². The molecule has 0 radical (unpaired) electrons. The molecule has 0 saturated carbocycles. The van der Waals surface area contributed by atoms with Crippen LogP contribution in [0.1, 0.15) is 29.8 Å². The molecule has 27 heavy (non-hydrogen) atoms. The first kappa shape index (κ1) is 17.8. The van der Waals surface area contributed by atoms with E-state index in [1.165, 1.54) is 0 Å². The van der Waals surface area contributed by atoms with Gasteiger partial charge in [-0.05, 0) is 49.2 Å². The third-order valence-electron chi connectivity index (χ3n) is 4.63. The van der Waals surface area contributed by atoms with E-state index >= 15 is 0 Å². The van der Waals surface area contributed by atoms with Gasteiger partial charge < -0.3 is 0 Å². The van der Waals surface area contributed by atoms with Crippen molar-refractivity contribution in [3.8, 4) is 0 Å². The Morgan fingerprint density at radius 3 is 2.93 bits per heavy atom. The molecule has 1 aliphatic heterocycles. The summed E-state index contributed by atoms with van der Waals surface area (Å²) in [6.07, 6.45) is 3.81. The van der Waals surface area contributed by atoms with Crippen LogP contribution in [0.2, 0.25) is 0 Å². The summed E-state index contributed by atoms with van der Waals surface area (Å²) in [5.74, 6) is 0.0728. The van der Waals surface area contributed by atoms with Crippen LogP contribution in [0.25, 0.3) is 10.9 Å². The van der Waals surface area contributed by atoms with E-state index in [0.717, 1.165) is 44.5 Å². The molecule has 3 aromatic rings. The molecule has 0 N–H and O–H groups in total. The van der Waals surface area contributed by atoms with Crippen molar-refractivity contribution in [2.45, 2.75) is 26.2 Å². The molecule has 1 aliphatic rings. The van der Waals surface area contributed by atoms with Crippen molar-refractivity contribution in [1.29, 1.82) is 0 Å². The van der Waals surface area contributed by atoms with Crippen LogP contribution in [0.15, 0.2) is 58.2 Å². The Labute approximate surface area is 166 Å². The normalized spacial score (nSPS) is 15.0. The molecule has 2 aromatic heterocycles. The fourth-order valence-corrected chi connectivity index (χ4v) is 3.63.